The first-order valence-electron chi connectivity index (χ1n) is 5.11. The number of ketones is 1. The van der Waals surface area contributed by atoms with E-state index in [-0.39, 0.29) is 5.78 Å². The van der Waals surface area contributed by atoms with E-state index in [0.717, 1.165) is 11.1 Å². The predicted octanol–water partition coefficient (Wildman–Crippen LogP) is 3.03. The van der Waals surface area contributed by atoms with E-state index in [1.54, 1.807) is 0 Å². The molecule has 1 aromatic carbocycles. The Hall–Kier alpha value is -1.63. The summed E-state index contributed by atoms with van der Waals surface area (Å²) >= 11 is 0. The molecular weight excluding hydrogens is 184 g/mol. The van der Waals surface area contributed by atoms with Crippen LogP contribution in [-0.2, 0) is 10.2 Å². The number of allylic oxidation sites excluding steroid dienone is 4. The van der Waals surface area contributed by atoms with E-state index in [2.05, 4.69) is 0 Å². The molecule has 0 radical (unpaired) electrons. The van der Waals surface area contributed by atoms with Crippen molar-refractivity contribution in [1.82, 2.24) is 0 Å². The van der Waals surface area contributed by atoms with Gasteiger partial charge in [0.2, 0.25) is 0 Å². The van der Waals surface area contributed by atoms with E-state index in [1.807, 2.05) is 62.4 Å². The number of hydrogen-bond acceptors (Lipinski definition) is 1. The van der Waals surface area contributed by atoms with Crippen molar-refractivity contribution in [1.29, 1.82) is 0 Å². The van der Waals surface area contributed by atoms with Crippen LogP contribution in [0.3, 0.4) is 0 Å². The highest BCUT2D eigenvalue weighted by molar-refractivity contribution is 6.05. The minimum Gasteiger partial charge on any atom is -0.293 e. The molecule has 1 atom stereocenters. The van der Waals surface area contributed by atoms with Gasteiger partial charge >= 0.3 is 0 Å². The van der Waals surface area contributed by atoms with E-state index in [1.165, 1.54) is 0 Å². The van der Waals surface area contributed by atoms with Gasteiger partial charge in [-0.15, -0.1) is 0 Å². The molecular formula is C14H14O. The molecule has 0 saturated carbocycles. The van der Waals surface area contributed by atoms with Gasteiger partial charge in [-0.05, 0) is 25.0 Å². The highest BCUT2D eigenvalue weighted by atomic mass is 16.1. The molecule has 0 aliphatic heterocycles. The first-order chi connectivity index (χ1) is 7.14. The molecule has 0 amide bonds. The van der Waals surface area contributed by atoms with Gasteiger partial charge in [-0.2, -0.15) is 0 Å². The van der Waals surface area contributed by atoms with Crippen molar-refractivity contribution in [3.05, 3.63) is 59.7 Å². The zero-order valence-corrected chi connectivity index (χ0v) is 9.03. The highest BCUT2D eigenvalue weighted by Gasteiger charge is 2.34. The summed E-state index contributed by atoms with van der Waals surface area (Å²) < 4.78 is 0. The van der Waals surface area contributed by atoms with Gasteiger partial charge in [0, 0.05) is 0 Å². The largest absolute Gasteiger partial charge is 0.293 e. The molecule has 0 spiro atoms. The fraction of sp³-hybridized carbons (Fsp3) is 0.214. The van der Waals surface area contributed by atoms with Crippen LogP contribution in [0.2, 0.25) is 0 Å². The van der Waals surface area contributed by atoms with Crippen LogP contribution in [0.4, 0.5) is 0 Å². The zero-order chi connectivity index (χ0) is 10.9. The average Bonchev–Trinajstić information content (AvgIpc) is 2.27. The number of Topliss-reactive ketones (excluding diaryl/α,β-unsaturated/α-hetero) is 1. The normalized spacial score (nSPS) is 25.2. The minimum atomic E-state index is -0.486. The molecule has 15 heavy (non-hydrogen) atoms. The van der Waals surface area contributed by atoms with Crippen molar-refractivity contribution in [3.63, 3.8) is 0 Å². The lowest BCUT2D eigenvalue weighted by molar-refractivity contribution is -0.118. The Morgan fingerprint density at radius 3 is 2.47 bits per heavy atom. The number of rotatable bonds is 1. The van der Waals surface area contributed by atoms with E-state index in [0.29, 0.717) is 0 Å². The highest BCUT2D eigenvalue weighted by Crippen LogP contribution is 2.31. The third-order valence-corrected chi connectivity index (χ3v) is 2.98. The third kappa shape index (κ3) is 1.54. The van der Waals surface area contributed by atoms with Crippen molar-refractivity contribution in [2.75, 3.05) is 0 Å². The average molecular weight is 198 g/mol. The van der Waals surface area contributed by atoms with Crippen LogP contribution in [0.5, 0.6) is 0 Å². The van der Waals surface area contributed by atoms with Crippen molar-refractivity contribution in [2.45, 2.75) is 19.3 Å². The standard InChI is InChI=1S/C14H14O/c1-11-7-6-10-14(2,13(11)15)12-8-4-3-5-9-12/h3-10H,1-2H3. The Morgan fingerprint density at radius 1 is 1.13 bits per heavy atom. The maximum Gasteiger partial charge on any atom is 0.172 e. The van der Waals surface area contributed by atoms with Crippen LogP contribution < -0.4 is 0 Å². The quantitative estimate of drug-likeness (QED) is 0.678. The molecule has 0 heterocycles. The summed E-state index contributed by atoms with van der Waals surface area (Å²) in [5, 5.41) is 0. The lowest BCUT2D eigenvalue weighted by Gasteiger charge is -2.27. The number of hydrogen-bond donors (Lipinski definition) is 0. The fourth-order valence-electron chi connectivity index (χ4n) is 1.96. The Kier molecular flexibility index (Phi) is 2.31. The fourth-order valence-corrected chi connectivity index (χ4v) is 1.96. The molecule has 0 aromatic heterocycles. The summed E-state index contributed by atoms with van der Waals surface area (Å²) in [4.78, 5) is 12.1. The summed E-state index contributed by atoms with van der Waals surface area (Å²) in [6.45, 7) is 3.84. The Balaban J connectivity index is 2.49. The Labute approximate surface area is 90.1 Å². The van der Waals surface area contributed by atoms with Crippen molar-refractivity contribution in [2.24, 2.45) is 0 Å². The molecule has 1 unspecified atom stereocenters. The predicted molar refractivity (Wildman–Crippen MR) is 61.7 cm³/mol. The van der Waals surface area contributed by atoms with Crippen LogP contribution in [0.25, 0.3) is 0 Å². The molecule has 0 bridgehead atoms. The van der Waals surface area contributed by atoms with Gasteiger partial charge in [0.15, 0.2) is 5.78 Å². The van der Waals surface area contributed by atoms with Gasteiger partial charge in [0.25, 0.3) is 0 Å². The summed E-state index contributed by atoms with van der Waals surface area (Å²) in [5.74, 6) is 0.191. The Bertz CT molecular complexity index is 440. The molecule has 0 fully saturated rings. The second-order valence-electron chi connectivity index (χ2n) is 4.11. The maximum absolute atomic E-state index is 12.1. The van der Waals surface area contributed by atoms with E-state index in [4.69, 9.17) is 0 Å². The van der Waals surface area contributed by atoms with Gasteiger partial charge in [-0.3, -0.25) is 4.79 Å². The van der Waals surface area contributed by atoms with Gasteiger partial charge in [0.05, 0.1) is 5.41 Å². The van der Waals surface area contributed by atoms with Crippen LogP contribution in [-0.4, -0.2) is 5.78 Å². The van der Waals surface area contributed by atoms with Gasteiger partial charge in [-0.25, -0.2) is 0 Å². The molecule has 76 valence electrons. The summed E-state index contributed by atoms with van der Waals surface area (Å²) in [6, 6.07) is 9.90. The van der Waals surface area contributed by atoms with Crippen molar-refractivity contribution in [3.8, 4) is 0 Å². The summed E-state index contributed by atoms with van der Waals surface area (Å²) in [6.07, 6.45) is 5.80. The van der Waals surface area contributed by atoms with Crippen molar-refractivity contribution >= 4 is 5.78 Å². The second-order valence-corrected chi connectivity index (χ2v) is 4.11. The molecule has 1 aromatic rings. The Morgan fingerprint density at radius 2 is 1.80 bits per heavy atom. The lowest BCUT2D eigenvalue weighted by Crippen LogP contribution is -2.32. The maximum atomic E-state index is 12.1. The number of carbonyl (C=O) groups is 1. The van der Waals surface area contributed by atoms with E-state index in [9.17, 15) is 4.79 Å². The number of carbonyl (C=O) groups excluding carboxylic acids is 1. The first kappa shape index (κ1) is 9.91. The zero-order valence-electron chi connectivity index (χ0n) is 9.03. The monoisotopic (exact) mass is 198 g/mol. The van der Waals surface area contributed by atoms with Crippen LogP contribution in [0, 0.1) is 0 Å². The molecule has 1 aliphatic rings. The van der Waals surface area contributed by atoms with Crippen LogP contribution in [0.1, 0.15) is 19.4 Å². The first-order valence-corrected chi connectivity index (χ1v) is 5.11. The van der Waals surface area contributed by atoms with E-state index < -0.39 is 5.41 Å². The minimum absolute atomic E-state index is 0.191. The SMILES string of the molecule is CC1=CC=CC(C)(c2ccccc2)C1=O. The molecule has 2 rings (SSSR count). The molecule has 1 nitrogen and oxygen atoms in total. The van der Waals surface area contributed by atoms with Crippen molar-refractivity contribution < 1.29 is 4.79 Å². The van der Waals surface area contributed by atoms with Gasteiger partial charge in [0.1, 0.15) is 0 Å². The second kappa shape index (κ2) is 3.50. The molecule has 1 heteroatoms. The molecule has 0 saturated heterocycles. The van der Waals surface area contributed by atoms with Gasteiger partial charge in [-0.1, -0.05) is 48.6 Å². The lowest BCUT2D eigenvalue weighted by atomic mass is 9.74. The molecule has 0 N–H and O–H groups in total. The summed E-state index contributed by atoms with van der Waals surface area (Å²) in [7, 11) is 0. The van der Waals surface area contributed by atoms with Crippen LogP contribution >= 0.6 is 0 Å². The van der Waals surface area contributed by atoms with Crippen LogP contribution in [0.15, 0.2) is 54.1 Å². The topological polar surface area (TPSA) is 17.1 Å². The van der Waals surface area contributed by atoms with E-state index >= 15 is 0 Å². The smallest absolute Gasteiger partial charge is 0.172 e. The van der Waals surface area contributed by atoms with Gasteiger partial charge < -0.3 is 0 Å². The summed E-state index contributed by atoms with van der Waals surface area (Å²) in [5.41, 5.74) is 1.39. The molecule has 1 aliphatic carbocycles. The third-order valence-electron chi connectivity index (χ3n) is 2.98. The number of benzene rings is 1.